The van der Waals surface area contributed by atoms with Crippen molar-refractivity contribution >= 4 is 5.97 Å². The molecule has 1 saturated heterocycles. The fourth-order valence-corrected chi connectivity index (χ4v) is 2.62. The van der Waals surface area contributed by atoms with Crippen LogP contribution >= 0.6 is 0 Å². The molecule has 1 aromatic carbocycles. The molecule has 1 fully saturated rings. The van der Waals surface area contributed by atoms with E-state index in [0.717, 1.165) is 31.4 Å². The maximum Gasteiger partial charge on any atom is 0.345 e. The molecule has 0 saturated carbocycles. The van der Waals surface area contributed by atoms with Gasteiger partial charge in [-0.1, -0.05) is 6.07 Å². The molecule has 2 aliphatic heterocycles. The van der Waals surface area contributed by atoms with Crippen LogP contribution in [-0.4, -0.2) is 36.5 Å². The zero-order valence-electron chi connectivity index (χ0n) is 11.2. The van der Waals surface area contributed by atoms with Gasteiger partial charge in [0, 0.05) is 25.5 Å². The second-order valence-corrected chi connectivity index (χ2v) is 5.19. The first-order valence-corrected chi connectivity index (χ1v) is 6.99. The number of hydrogen-bond donors (Lipinski definition) is 1. The first-order chi connectivity index (χ1) is 9.72. The molecule has 20 heavy (non-hydrogen) atoms. The average molecular weight is 278 g/mol. The second-order valence-electron chi connectivity index (χ2n) is 5.19. The van der Waals surface area contributed by atoms with Gasteiger partial charge in [0.1, 0.15) is 11.5 Å². The van der Waals surface area contributed by atoms with E-state index in [1.54, 1.807) is 6.07 Å². The molecule has 0 spiro atoms. The van der Waals surface area contributed by atoms with Gasteiger partial charge >= 0.3 is 5.97 Å². The largest absolute Gasteiger partial charge is 0.493 e. The molecular formula is C15H18O5. The highest BCUT2D eigenvalue weighted by molar-refractivity contribution is 5.74. The maximum atomic E-state index is 10.9. The van der Waals surface area contributed by atoms with E-state index >= 15 is 0 Å². The topological polar surface area (TPSA) is 65.0 Å². The molecule has 3 rings (SSSR count). The van der Waals surface area contributed by atoms with Crippen LogP contribution in [0.4, 0.5) is 0 Å². The Morgan fingerprint density at radius 2 is 2.35 bits per heavy atom. The van der Waals surface area contributed by atoms with Crippen LogP contribution in [0.1, 0.15) is 24.8 Å². The molecule has 2 heterocycles. The summed E-state index contributed by atoms with van der Waals surface area (Å²) in [5, 5.41) is 8.95. The minimum absolute atomic E-state index is 0.317. The Kier molecular flexibility index (Phi) is 3.78. The third-order valence-corrected chi connectivity index (χ3v) is 3.72. The minimum Gasteiger partial charge on any atom is -0.493 e. The Hall–Kier alpha value is -1.75. The van der Waals surface area contributed by atoms with Crippen molar-refractivity contribution < 1.29 is 24.1 Å². The number of carbonyl (C=O) groups is 1. The van der Waals surface area contributed by atoms with E-state index in [4.69, 9.17) is 19.3 Å². The molecule has 2 unspecified atom stereocenters. The van der Waals surface area contributed by atoms with Gasteiger partial charge in [-0.25, -0.2) is 4.79 Å². The molecule has 0 aromatic heterocycles. The lowest BCUT2D eigenvalue weighted by Gasteiger charge is -2.11. The molecule has 5 nitrogen and oxygen atoms in total. The smallest absolute Gasteiger partial charge is 0.345 e. The zero-order valence-corrected chi connectivity index (χ0v) is 11.2. The van der Waals surface area contributed by atoms with Crippen LogP contribution < -0.4 is 9.47 Å². The molecule has 2 atom stereocenters. The molecule has 0 radical (unpaired) electrons. The van der Waals surface area contributed by atoms with E-state index in [2.05, 4.69) is 0 Å². The van der Waals surface area contributed by atoms with Crippen molar-refractivity contribution in [2.24, 2.45) is 0 Å². The van der Waals surface area contributed by atoms with Crippen molar-refractivity contribution in [2.75, 3.05) is 13.2 Å². The minimum atomic E-state index is -0.929. The van der Waals surface area contributed by atoms with Gasteiger partial charge in [-0.05, 0) is 24.5 Å². The molecule has 5 heteroatoms. The van der Waals surface area contributed by atoms with Gasteiger partial charge in [0.15, 0.2) is 6.10 Å². The van der Waals surface area contributed by atoms with E-state index in [0.29, 0.717) is 30.6 Å². The lowest BCUT2D eigenvalue weighted by Crippen LogP contribution is -2.24. The number of rotatable bonds is 5. The normalized spacial score (nSPS) is 24.2. The quantitative estimate of drug-likeness (QED) is 0.892. The number of carboxylic acids is 1. The highest BCUT2D eigenvalue weighted by Crippen LogP contribution is 2.32. The fourth-order valence-electron chi connectivity index (χ4n) is 2.62. The van der Waals surface area contributed by atoms with E-state index in [9.17, 15) is 4.79 Å². The van der Waals surface area contributed by atoms with Crippen LogP contribution in [0.3, 0.4) is 0 Å². The fraction of sp³-hybridized carbons (Fsp3) is 0.533. The number of benzene rings is 1. The Morgan fingerprint density at radius 3 is 3.10 bits per heavy atom. The molecular weight excluding hydrogens is 260 g/mol. The zero-order chi connectivity index (χ0) is 13.9. The Bertz CT molecular complexity index is 493. The number of aliphatic carboxylic acids is 1. The summed E-state index contributed by atoms with van der Waals surface area (Å²) < 4.78 is 16.6. The van der Waals surface area contributed by atoms with Crippen molar-refractivity contribution in [3.8, 4) is 11.5 Å². The van der Waals surface area contributed by atoms with Crippen LogP contribution in [0.15, 0.2) is 18.2 Å². The van der Waals surface area contributed by atoms with E-state index in [-0.39, 0.29) is 0 Å². The number of hydrogen-bond acceptors (Lipinski definition) is 4. The van der Waals surface area contributed by atoms with Crippen LogP contribution in [0.5, 0.6) is 11.5 Å². The third-order valence-electron chi connectivity index (χ3n) is 3.72. The molecule has 1 aromatic rings. The monoisotopic (exact) mass is 278 g/mol. The third kappa shape index (κ3) is 2.88. The molecule has 108 valence electrons. The van der Waals surface area contributed by atoms with Crippen LogP contribution in [0.25, 0.3) is 0 Å². The summed E-state index contributed by atoms with van der Waals surface area (Å²) in [6, 6.07) is 5.51. The van der Waals surface area contributed by atoms with Gasteiger partial charge in [0.2, 0.25) is 0 Å². The highest BCUT2D eigenvalue weighted by Gasteiger charge is 2.29. The van der Waals surface area contributed by atoms with E-state index < -0.39 is 12.1 Å². The van der Waals surface area contributed by atoms with Crippen molar-refractivity contribution in [1.82, 2.24) is 0 Å². The number of carboxylic acid groups (broad SMARTS) is 1. The predicted octanol–water partition coefficient (Wildman–Crippen LogP) is 2.02. The average Bonchev–Trinajstić information content (AvgIpc) is 3.06. The molecule has 0 bridgehead atoms. The first-order valence-electron chi connectivity index (χ1n) is 6.99. The summed E-state index contributed by atoms with van der Waals surface area (Å²) in [6.07, 6.45) is 3.09. The predicted molar refractivity (Wildman–Crippen MR) is 71.3 cm³/mol. The van der Waals surface area contributed by atoms with Gasteiger partial charge in [-0.2, -0.15) is 0 Å². The number of fused-ring (bicyclic) bond motifs is 1. The molecule has 0 aliphatic carbocycles. The summed E-state index contributed by atoms with van der Waals surface area (Å²) >= 11 is 0. The summed E-state index contributed by atoms with van der Waals surface area (Å²) in [7, 11) is 0. The molecule has 2 aliphatic rings. The van der Waals surface area contributed by atoms with Crippen molar-refractivity contribution in [3.63, 3.8) is 0 Å². The van der Waals surface area contributed by atoms with Crippen LogP contribution in [-0.2, 0) is 16.0 Å². The number of ether oxygens (including phenoxy) is 3. The second kappa shape index (κ2) is 5.71. The maximum absolute atomic E-state index is 10.9. The van der Waals surface area contributed by atoms with Crippen molar-refractivity contribution in [1.29, 1.82) is 0 Å². The first kappa shape index (κ1) is 13.2. The van der Waals surface area contributed by atoms with Gasteiger partial charge in [-0.15, -0.1) is 0 Å². The standard InChI is InChI=1S/C15H18O5/c16-15(17)14-8-10-3-4-12(9-13(10)20-14)19-7-5-11-2-1-6-18-11/h3-4,9,11,14H,1-2,5-8H2,(H,16,17). The van der Waals surface area contributed by atoms with Crippen LogP contribution in [0.2, 0.25) is 0 Å². The highest BCUT2D eigenvalue weighted by atomic mass is 16.5. The lowest BCUT2D eigenvalue weighted by atomic mass is 10.1. The van der Waals surface area contributed by atoms with Crippen LogP contribution in [0, 0.1) is 0 Å². The van der Waals surface area contributed by atoms with Gasteiger partial charge in [0.05, 0.1) is 12.7 Å². The summed E-state index contributed by atoms with van der Waals surface area (Å²) in [5.41, 5.74) is 0.920. The lowest BCUT2D eigenvalue weighted by molar-refractivity contribution is -0.144. The van der Waals surface area contributed by atoms with Gasteiger partial charge in [0.25, 0.3) is 0 Å². The van der Waals surface area contributed by atoms with Gasteiger partial charge < -0.3 is 19.3 Å². The summed E-state index contributed by atoms with van der Waals surface area (Å²) in [4.78, 5) is 10.9. The Morgan fingerprint density at radius 1 is 1.45 bits per heavy atom. The summed E-state index contributed by atoms with van der Waals surface area (Å²) in [5.74, 6) is 0.404. The SMILES string of the molecule is O=C(O)C1Cc2ccc(OCCC3CCCO3)cc2O1. The molecule has 1 N–H and O–H groups in total. The summed E-state index contributed by atoms with van der Waals surface area (Å²) in [6.45, 7) is 1.46. The Labute approximate surface area is 117 Å². The molecule has 0 amide bonds. The van der Waals surface area contributed by atoms with E-state index in [1.807, 2.05) is 12.1 Å². The Balaban J connectivity index is 1.54. The van der Waals surface area contributed by atoms with Crippen molar-refractivity contribution in [2.45, 2.75) is 37.9 Å². The van der Waals surface area contributed by atoms with Crippen molar-refractivity contribution in [3.05, 3.63) is 23.8 Å². The van der Waals surface area contributed by atoms with E-state index in [1.165, 1.54) is 0 Å². The van der Waals surface area contributed by atoms with Gasteiger partial charge in [-0.3, -0.25) is 0 Å².